The largest absolute Gasteiger partial charge is 0.349 e. The van der Waals surface area contributed by atoms with Crippen molar-refractivity contribution in [1.82, 2.24) is 10.6 Å². The minimum Gasteiger partial charge on any atom is -0.349 e. The van der Waals surface area contributed by atoms with Crippen LogP contribution in [0.4, 0.5) is 10.5 Å². The highest BCUT2D eigenvalue weighted by Crippen LogP contribution is 2.26. The molecule has 7 heteroatoms. The van der Waals surface area contributed by atoms with E-state index < -0.39 is 0 Å². The zero-order valence-electron chi connectivity index (χ0n) is 14.2. The van der Waals surface area contributed by atoms with E-state index in [4.69, 9.17) is 23.2 Å². The van der Waals surface area contributed by atoms with Crippen LogP contribution in [0.5, 0.6) is 0 Å². The van der Waals surface area contributed by atoms with Gasteiger partial charge in [0.15, 0.2) is 0 Å². The first kappa shape index (κ1) is 19.8. The Morgan fingerprint density at radius 1 is 1.15 bits per heavy atom. The number of hydrogen-bond acceptors (Lipinski definition) is 2. The topological polar surface area (TPSA) is 70.2 Å². The molecule has 0 aliphatic heterocycles. The van der Waals surface area contributed by atoms with Gasteiger partial charge in [-0.15, -0.1) is 6.58 Å². The molecule has 3 amide bonds. The molecule has 26 heavy (non-hydrogen) atoms. The molecule has 1 atom stereocenters. The Hall–Kier alpha value is -2.50. The molecule has 2 aromatic rings. The first-order valence-corrected chi connectivity index (χ1v) is 8.68. The number of carbonyl (C=O) groups is 2. The number of hydrogen-bond donors (Lipinski definition) is 3. The molecule has 136 valence electrons. The molecule has 0 aliphatic carbocycles. The molecule has 0 saturated carbocycles. The van der Waals surface area contributed by atoms with Crippen molar-refractivity contribution in [3.05, 3.63) is 76.3 Å². The second-order valence-electron chi connectivity index (χ2n) is 5.56. The Labute approximate surface area is 162 Å². The maximum Gasteiger partial charge on any atom is 0.319 e. The summed E-state index contributed by atoms with van der Waals surface area (Å²) in [6.07, 6.45) is 1.60. The fraction of sp³-hybridized carbons (Fsp3) is 0.158. The Morgan fingerprint density at radius 3 is 2.46 bits per heavy atom. The molecule has 0 saturated heterocycles. The van der Waals surface area contributed by atoms with Crippen molar-refractivity contribution in [2.45, 2.75) is 13.0 Å². The van der Waals surface area contributed by atoms with E-state index in [1.807, 2.05) is 6.92 Å². The second kappa shape index (κ2) is 9.27. The fourth-order valence-electron chi connectivity index (χ4n) is 2.27. The first-order valence-electron chi connectivity index (χ1n) is 7.92. The van der Waals surface area contributed by atoms with Crippen LogP contribution < -0.4 is 16.0 Å². The molecule has 0 heterocycles. The summed E-state index contributed by atoms with van der Waals surface area (Å²) in [5.74, 6) is -0.202. The molecule has 0 radical (unpaired) electrons. The summed E-state index contributed by atoms with van der Waals surface area (Å²) in [5.41, 5.74) is 1.83. The van der Waals surface area contributed by atoms with Crippen molar-refractivity contribution in [2.24, 2.45) is 0 Å². The predicted molar refractivity (Wildman–Crippen MR) is 106 cm³/mol. The Bertz CT molecular complexity index is 807. The van der Waals surface area contributed by atoms with E-state index in [2.05, 4.69) is 22.5 Å². The molecule has 2 aromatic carbocycles. The van der Waals surface area contributed by atoms with Gasteiger partial charge in [-0.2, -0.15) is 0 Å². The van der Waals surface area contributed by atoms with Crippen molar-refractivity contribution in [2.75, 3.05) is 11.9 Å². The van der Waals surface area contributed by atoms with Crippen LogP contribution in [-0.4, -0.2) is 18.5 Å². The highest BCUT2D eigenvalue weighted by atomic mass is 35.5. The fourth-order valence-corrected chi connectivity index (χ4v) is 2.84. The number of amides is 3. The van der Waals surface area contributed by atoms with E-state index in [0.717, 1.165) is 5.56 Å². The van der Waals surface area contributed by atoms with E-state index in [1.54, 1.807) is 48.5 Å². The minimum absolute atomic E-state index is 0.202. The summed E-state index contributed by atoms with van der Waals surface area (Å²) in [6, 6.07) is 11.0. The molecule has 0 spiro atoms. The van der Waals surface area contributed by atoms with Gasteiger partial charge in [-0.25, -0.2) is 4.79 Å². The summed E-state index contributed by atoms with van der Waals surface area (Å²) < 4.78 is 0. The van der Waals surface area contributed by atoms with Crippen molar-refractivity contribution >= 4 is 40.8 Å². The average molecular weight is 392 g/mol. The van der Waals surface area contributed by atoms with Crippen molar-refractivity contribution in [1.29, 1.82) is 0 Å². The van der Waals surface area contributed by atoms with Crippen LogP contribution in [0.3, 0.4) is 0 Å². The lowest BCUT2D eigenvalue weighted by molar-refractivity contribution is 0.0958. The van der Waals surface area contributed by atoms with Gasteiger partial charge in [0.25, 0.3) is 5.91 Å². The SMILES string of the molecule is C=CCNC(=O)c1ccc(NC(=O)NC(C)c2ccc(Cl)cc2Cl)cc1. The van der Waals surface area contributed by atoms with Gasteiger partial charge in [-0.05, 0) is 48.9 Å². The van der Waals surface area contributed by atoms with E-state index in [9.17, 15) is 9.59 Å². The second-order valence-corrected chi connectivity index (χ2v) is 6.41. The van der Waals surface area contributed by atoms with Gasteiger partial charge in [0, 0.05) is 27.8 Å². The van der Waals surface area contributed by atoms with Gasteiger partial charge in [-0.3, -0.25) is 4.79 Å². The van der Waals surface area contributed by atoms with Gasteiger partial charge in [0.1, 0.15) is 0 Å². The summed E-state index contributed by atoms with van der Waals surface area (Å²) in [5, 5.41) is 9.22. The van der Waals surface area contributed by atoms with E-state index in [-0.39, 0.29) is 18.0 Å². The zero-order chi connectivity index (χ0) is 19.1. The molecule has 2 rings (SSSR count). The summed E-state index contributed by atoms with van der Waals surface area (Å²) in [4.78, 5) is 24.0. The zero-order valence-corrected chi connectivity index (χ0v) is 15.7. The van der Waals surface area contributed by atoms with Crippen molar-refractivity contribution < 1.29 is 9.59 Å². The standard InChI is InChI=1S/C19H19Cl2N3O2/c1-3-10-22-18(25)13-4-7-15(8-5-13)24-19(26)23-12(2)16-9-6-14(20)11-17(16)21/h3-9,11-12H,1,10H2,2H3,(H,22,25)(H2,23,24,26). The third-order valence-corrected chi connectivity index (χ3v) is 4.15. The quantitative estimate of drug-likeness (QED) is 0.619. The number of halogens is 2. The normalized spacial score (nSPS) is 11.3. The van der Waals surface area contributed by atoms with Crippen LogP contribution in [0.15, 0.2) is 55.1 Å². The van der Waals surface area contributed by atoms with Crippen LogP contribution in [-0.2, 0) is 0 Å². The molecular formula is C19H19Cl2N3O2. The highest BCUT2D eigenvalue weighted by Gasteiger charge is 2.13. The van der Waals surface area contributed by atoms with Crippen LogP contribution in [0.1, 0.15) is 28.9 Å². The third kappa shape index (κ3) is 5.51. The molecule has 0 bridgehead atoms. The molecule has 1 unspecified atom stereocenters. The number of anilines is 1. The number of carbonyl (C=O) groups excluding carboxylic acids is 2. The number of rotatable bonds is 6. The van der Waals surface area contributed by atoms with E-state index in [0.29, 0.717) is 27.8 Å². The smallest absolute Gasteiger partial charge is 0.319 e. The molecule has 0 aromatic heterocycles. The lowest BCUT2D eigenvalue weighted by Crippen LogP contribution is -2.31. The van der Waals surface area contributed by atoms with Gasteiger partial charge in [0.2, 0.25) is 0 Å². The Balaban J connectivity index is 1.94. The van der Waals surface area contributed by atoms with Crippen LogP contribution in [0, 0.1) is 0 Å². The molecule has 0 fully saturated rings. The van der Waals surface area contributed by atoms with Crippen LogP contribution in [0.25, 0.3) is 0 Å². The first-order chi connectivity index (χ1) is 12.4. The monoisotopic (exact) mass is 391 g/mol. The van der Waals surface area contributed by atoms with Gasteiger partial charge in [-0.1, -0.05) is 35.3 Å². The molecular weight excluding hydrogens is 373 g/mol. The summed E-state index contributed by atoms with van der Waals surface area (Å²) in [7, 11) is 0. The lowest BCUT2D eigenvalue weighted by atomic mass is 10.1. The average Bonchev–Trinajstić information content (AvgIpc) is 2.60. The molecule has 0 aliphatic rings. The summed E-state index contributed by atoms with van der Waals surface area (Å²) >= 11 is 12.0. The van der Waals surface area contributed by atoms with Gasteiger partial charge in [0.05, 0.1) is 6.04 Å². The van der Waals surface area contributed by atoms with Crippen LogP contribution in [0.2, 0.25) is 10.0 Å². The minimum atomic E-state index is -0.382. The van der Waals surface area contributed by atoms with E-state index in [1.165, 1.54) is 0 Å². The molecule has 5 nitrogen and oxygen atoms in total. The highest BCUT2D eigenvalue weighted by molar-refractivity contribution is 6.35. The Morgan fingerprint density at radius 2 is 1.85 bits per heavy atom. The maximum absolute atomic E-state index is 12.2. The van der Waals surface area contributed by atoms with Gasteiger partial charge < -0.3 is 16.0 Å². The van der Waals surface area contributed by atoms with E-state index >= 15 is 0 Å². The summed E-state index contributed by atoms with van der Waals surface area (Å²) in [6.45, 7) is 5.76. The Kier molecular flexibility index (Phi) is 7.06. The molecule has 3 N–H and O–H groups in total. The number of nitrogens with one attached hydrogen (secondary N) is 3. The lowest BCUT2D eigenvalue weighted by Gasteiger charge is -2.16. The predicted octanol–water partition coefficient (Wildman–Crippen LogP) is 4.79. The van der Waals surface area contributed by atoms with Crippen molar-refractivity contribution in [3.63, 3.8) is 0 Å². The van der Waals surface area contributed by atoms with Gasteiger partial charge >= 0.3 is 6.03 Å². The van der Waals surface area contributed by atoms with Crippen LogP contribution >= 0.6 is 23.2 Å². The maximum atomic E-state index is 12.2. The number of benzene rings is 2. The number of urea groups is 1. The van der Waals surface area contributed by atoms with Crippen molar-refractivity contribution in [3.8, 4) is 0 Å². The third-order valence-electron chi connectivity index (χ3n) is 3.59.